The molecule has 0 unspecified atom stereocenters. The van der Waals surface area contributed by atoms with Gasteiger partial charge in [-0.15, -0.1) is 0 Å². The van der Waals surface area contributed by atoms with Crippen LogP contribution in [-0.2, 0) is 9.59 Å². The molecule has 1 aliphatic heterocycles. The highest BCUT2D eigenvalue weighted by Gasteiger charge is 2.24. The molecule has 1 aromatic rings. The van der Waals surface area contributed by atoms with Crippen LogP contribution in [0.3, 0.4) is 0 Å². The van der Waals surface area contributed by atoms with Crippen molar-refractivity contribution in [2.24, 2.45) is 11.7 Å². The predicted molar refractivity (Wildman–Crippen MR) is 88.5 cm³/mol. The molecule has 0 saturated carbocycles. The summed E-state index contributed by atoms with van der Waals surface area (Å²) in [5, 5.41) is 3.70. The van der Waals surface area contributed by atoms with Crippen LogP contribution in [0.25, 0.3) is 0 Å². The number of anilines is 1. The Morgan fingerprint density at radius 3 is 2.32 bits per heavy atom. The molecule has 5 nitrogen and oxygen atoms in total. The standard InChI is InChI=1S/C14H16Cl3N3O2/c15-9-5-11(17)12(6-10(9)16)19-13(21)7-20-3-1-8(2-4-20)14(18)22/h5-6,8H,1-4,7H2,(H2,18,22)(H,19,21). The van der Waals surface area contributed by atoms with Gasteiger partial charge < -0.3 is 11.1 Å². The molecule has 2 rings (SSSR count). The van der Waals surface area contributed by atoms with Crippen LogP contribution in [0, 0.1) is 5.92 Å². The number of primary amides is 1. The SMILES string of the molecule is NC(=O)C1CCN(CC(=O)Nc2cc(Cl)c(Cl)cc2Cl)CC1. The Morgan fingerprint density at radius 1 is 1.14 bits per heavy atom. The van der Waals surface area contributed by atoms with Crippen LogP contribution < -0.4 is 11.1 Å². The minimum absolute atomic E-state index is 0.0937. The summed E-state index contributed by atoms with van der Waals surface area (Å²) >= 11 is 17.8. The van der Waals surface area contributed by atoms with Crippen LogP contribution in [0.15, 0.2) is 12.1 Å². The average molecular weight is 365 g/mol. The third-order valence-electron chi connectivity index (χ3n) is 3.64. The van der Waals surface area contributed by atoms with Gasteiger partial charge in [0.05, 0.1) is 27.3 Å². The number of halogens is 3. The summed E-state index contributed by atoms with van der Waals surface area (Å²) in [5.74, 6) is -0.562. The smallest absolute Gasteiger partial charge is 0.238 e. The molecule has 3 N–H and O–H groups in total. The molecule has 1 fully saturated rings. The topological polar surface area (TPSA) is 75.4 Å². The number of likely N-dealkylation sites (tertiary alicyclic amines) is 1. The Morgan fingerprint density at radius 2 is 1.73 bits per heavy atom. The molecular formula is C14H16Cl3N3O2. The zero-order chi connectivity index (χ0) is 16.3. The molecule has 8 heteroatoms. The molecule has 0 aromatic heterocycles. The second kappa shape index (κ2) is 7.51. The fourth-order valence-corrected chi connectivity index (χ4v) is 2.98. The van der Waals surface area contributed by atoms with Gasteiger partial charge in [-0.05, 0) is 38.1 Å². The predicted octanol–water partition coefficient (Wildman–Crippen LogP) is 2.78. The molecule has 0 spiro atoms. The number of benzene rings is 1. The van der Waals surface area contributed by atoms with Gasteiger partial charge in [0.1, 0.15) is 0 Å². The summed E-state index contributed by atoms with van der Waals surface area (Å²) in [7, 11) is 0. The summed E-state index contributed by atoms with van der Waals surface area (Å²) in [5.41, 5.74) is 5.71. The van der Waals surface area contributed by atoms with E-state index in [1.165, 1.54) is 12.1 Å². The quantitative estimate of drug-likeness (QED) is 0.807. The van der Waals surface area contributed by atoms with Crippen molar-refractivity contribution in [3.05, 3.63) is 27.2 Å². The molecule has 1 heterocycles. The Kier molecular flexibility index (Phi) is 5.92. The minimum atomic E-state index is -0.272. The summed E-state index contributed by atoms with van der Waals surface area (Å²) in [6.07, 6.45) is 1.35. The molecule has 1 aromatic carbocycles. The van der Waals surface area contributed by atoms with Gasteiger partial charge in [-0.1, -0.05) is 34.8 Å². The first-order chi connectivity index (χ1) is 10.4. The van der Waals surface area contributed by atoms with E-state index < -0.39 is 0 Å². The van der Waals surface area contributed by atoms with Gasteiger partial charge in [-0.2, -0.15) is 0 Å². The Balaban J connectivity index is 1.89. The molecule has 1 saturated heterocycles. The van der Waals surface area contributed by atoms with Gasteiger partial charge in [-0.25, -0.2) is 0 Å². The van der Waals surface area contributed by atoms with E-state index in [1.807, 2.05) is 4.90 Å². The monoisotopic (exact) mass is 363 g/mol. The first-order valence-electron chi connectivity index (χ1n) is 6.83. The number of nitrogens with two attached hydrogens (primary N) is 1. The maximum Gasteiger partial charge on any atom is 0.238 e. The number of hydrogen-bond donors (Lipinski definition) is 2. The lowest BCUT2D eigenvalue weighted by molar-refractivity contribution is -0.123. The van der Waals surface area contributed by atoms with Crippen LogP contribution in [0.4, 0.5) is 5.69 Å². The lowest BCUT2D eigenvalue weighted by Crippen LogP contribution is -2.42. The first kappa shape index (κ1) is 17.3. The third-order valence-corrected chi connectivity index (χ3v) is 4.68. The van der Waals surface area contributed by atoms with Crippen molar-refractivity contribution in [2.45, 2.75) is 12.8 Å². The highest BCUT2D eigenvalue weighted by Crippen LogP contribution is 2.32. The number of piperidine rings is 1. The largest absolute Gasteiger partial charge is 0.369 e. The van der Waals surface area contributed by atoms with Crippen LogP contribution in [0.2, 0.25) is 15.1 Å². The van der Waals surface area contributed by atoms with Crippen molar-refractivity contribution < 1.29 is 9.59 Å². The minimum Gasteiger partial charge on any atom is -0.369 e. The van der Waals surface area contributed by atoms with Crippen molar-refractivity contribution in [1.82, 2.24) is 4.90 Å². The van der Waals surface area contributed by atoms with Crippen molar-refractivity contribution in [3.8, 4) is 0 Å². The normalized spacial score (nSPS) is 16.5. The molecule has 120 valence electrons. The highest BCUT2D eigenvalue weighted by atomic mass is 35.5. The molecule has 0 atom stereocenters. The second-order valence-electron chi connectivity index (χ2n) is 5.25. The first-order valence-corrected chi connectivity index (χ1v) is 7.96. The molecule has 2 amide bonds. The van der Waals surface area contributed by atoms with E-state index in [0.717, 1.165) is 0 Å². The van der Waals surface area contributed by atoms with E-state index in [-0.39, 0.29) is 24.3 Å². The van der Waals surface area contributed by atoms with Gasteiger partial charge in [-0.3, -0.25) is 14.5 Å². The number of hydrogen-bond acceptors (Lipinski definition) is 3. The van der Waals surface area contributed by atoms with E-state index in [1.54, 1.807) is 0 Å². The van der Waals surface area contributed by atoms with E-state index >= 15 is 0 Å². The second-order valence-corrected chi connectivity index (χ2v) is 6.47. The average Bonchev–Trinajstić information content (AvgIpc) is 2.45. The van der Waals surface area contributed by atoms with Crippen molar-refractivity contribution in [2.75, 3.05) is 25.0 Å². The zero-order valence-electron chi connectivity index (χ0n) is 11.7. The van der Waals surface area contributed by atoms with Crippen LogP contribution >= 0.6 is 34.8 Å². The number of carbonyl (C=O) groups is 2. The Labute approximate surface area is 143 Å². The van der Waals surface area contributed by atoms with E-state index in [4.69, 9.17) is 40.5 Å². The summed E-state index contributed by atoms with van der Waals surface area (Å²) < 4.78 is 0. The van der Waals surface area contributed by atoms with E-state index in [9.17, 15) is 9.59 Å². The number of amides is 2. The number of nitrogens with one attached hydrogen (secondary N) is 1. The van der Waals surface area contributed by atoms with Gasteiger partial charge in [0, 0.05) is 5.92 Å². The number of nitrogens with zero attached hydrogens (tertiary/aromatic N) is 1. The van der Waals surface area contributed by atoms with Crippen LogP contribution in [0.1, 0.15) is 12.8 Å². The van der Waals surface area contributed by atoms with Crippen molar-refractivity contribution >= 4 is 52.3 Å². The van der Waals surface area contributed by atoms with E-state index in [2.05, 4.69) is 5.32 Å². The van der Waals surface area contributed by atoms with Crippen molar-refractivity contribution in [1.29, 1.82) is 0 Å². The summed E-state index contributed by atoms with van der Waals surface area (Å²) in [6.45, 7) is 1.55. The van der Waals surface area contributed by atoms with Crippen LogP contribution in [-0.4, -0.2) is 36.3 Å². The van der Waals surface area contributed by atoms with Gasteiger partial charge in [0.25, 0.3) is 0 Å². The summed E-state index contributed by atoms with van der Waals surface area (Å²) in [4.78, 5) is 25.1. The third kappa shape index (κ3) is 4.49. The molecular weight excluding hydrogens is 349 g/mol. The zero-order valence-corrected chi connectivity index (χ0v) is 14.0. The van der Waals surface area contributed by atoms with Gasteiger partial charge in [0.2, 0.25) is 11.8 Å². The maximum absolute atomic E-state index is 12.1. The van der Waals surface area contributed by atoms with Gasteiger partial charge in [0.15, 0.2) is 0 Å². The molecule has 1 aliphatic rings. The lowest BCUT2D eigenvalue weighted by atomic mass is 9.96. The molecule has 0 radical (unpaired) electrons. The fourth-order valence-electron chi connectivity index (χ4n) is 2.39. The lowest BCUT2D eigenvalue weighted by Gasteiger charge is -2.29. The number of carbonyl (C=O) groups excluding carboxylic acids is 2. The maximum atomic E-state index is 12.1. The number of rotatable bonds is 4. The van der Waals surface area contributed by atoms with Crippen LogP contribution in [0.5, 0.6) is 0 Å². The van der Waals surface area contributed by atoms with Gasteiger partial charge >= 0.3 is 0 Å². The highest BCUT2D eigenvalue weighted by molar-refractivity contribution is 6.44. The molecule has 0 bridgehead atoms. The Hall–Kier alpha value is -1.01. The van der Waals surface area contributed by atoms with Crippen molar-refractivity contribution in [3.63, 3.8) is 0 Å². The molecule has 22 heavy (non-hydrogen) atoms. The Bertz CT molecular complexity index is 587. The van der Waals surface area contributed by atoms with E-state index in [0.29, 0.717) is 46.7 Å². The fraction of sp³-hybridized carbons (Fsp3) is 0.429. The molecule has 0 aliphatic carbocycles. The summed E-state index contributed by atoms with van der Waals surface area (Å²) in [6, 6.07) is 3.00.